The van der Waals surface area contributed by atoms with E-state index in [1.54, 1.807) is 0 Å². The summed E-state index contributed by atoms with van der Waals surface area (Å²) in [6.45, 7) is 5.64. The minimum atomic E-state index is 0.364. The van der Waals surface area contributed by atoms with Gasteiger partial charge in [-0.25, -0.2) is 4.98 Å². The van der Waals surface area contributed by atoms with Crippen LogP contribution < -0.4 is 5.32 Å². The van der Waals surface area contributed by atoms with E-state index in [1.165, 1.54) is 12.8 Å². The lowest BCUT2D eigenvalue weighted by Gasteiger charge is -2.34. The monoisotopic (exact) mass is 259 g/mol. The number of nitrogens with one attached hydrogen (secondary N) is 1. The van der Waals surface area contributed by atoms with Gasteiger partial charge >= 0.3 is 0 Å². The van der Waals surface area contributed by atoms with Crippen LogP contribution in [0.3, 0.4) is 0 Å². The first-order chi connectivity index (χ1) is 9.16. The van der Waals surface area contributed by atoms with Gasteiger partial charge in [-0.15, -0.1) is 0 Å². The van der Waals surface area contributed by atoms with E-state index < -0.39 is 0 Å². The molecule has 5 nitrogen and oxygen atoms in total. The van der Waals surface area contributed by atoms with Crippen molar-refractivity contribution in [2.45, 2.75) is 26.3 Å². The van der Waals surface area contributed by atoms with E-state index >= 15 is 0 Å². The summed E-state index contributed by atoms with van der Waals surface area (Å²) in [6, 6.07) is 0. The van der Waals surface area contributed by atoms with Crippen molar-refractivity contribution >= 4 is 0 Å². The largest absolute Gasteiger partial charge is 0.330 e. The molecule has 1 aliphatic heterocycles. The Labute approximate surface area is 113 Å². The molecule has 0 saturated carbocycles. The number of imidazole rings is 1. The molecule has 2 aromatic heterocycles. The van der Waals surface area contributed by atoms with Crippen LogP contribution in [0, 0.1) is 5.41 Å². The molecule has 1 N–H and O–H groups in total. The lowest BCUT2D eigenvalue weighted by molar-refractivity contribution is 0.195. The summed E-state index contributed by atoms with van der Waals surface area (Å²) < 4.78 is 4.10. The molecule has 0 aromatic carbocycles. The van der Waals surface area contributed by atoms with Gasteiger partial charge in [-0.05, 0) is 31.3 Å². The number of aromatic nitrogens is 4. The van der Waals surface area contributed by atoms with Gasteiger partial charge in [0.25, 0.3) is 0 Å². The van der Waals surface area contributed by atoms with E-state index in [0.29, 0.717) is 5.41 Å². The Morgan fingerprint density at radius 2 is 2.11 bits per heavy atom. The molecule has 0 bridgehead atoms. The van der Waals surface area contributed by atoms with Crippen LogP contribution in [0.15, 0.2) is 24.9 Å². The van der Waals surface area contributed by atoms with Gasteiger partial charge in [0.2, 0.25) is 0 Å². The first kappa shape index (κ1) is 12.4. The molecule has 0 amide bonds. The summed E-state index contributed by atoms with van der Waals surface area (Å²) in [4.78, 5) is 4.31. The highest BCUT2D eigenvalue weighted by Crippen LogP contribution is 2.31. The molecule has 0 radical (unpaired) electrons. The summed E-state index contributed by atoms with van der Waals surface area (Å²) in [6.07, 6.45) is 10.3. The van der Waals surface area contributed by atoms with Crippen LogP contribution in [0.1, 0.15) is 19.8 Å². The topological polar surface area (TPSA) is 47.7 Å². The lowest BCUT2D eigenvalue weighted by Crippen LogP contribution is -2.37. The van der Waals surface area contributed by atoms with Gasteiger partial charge in [0.1, 0.15) is 0 Å². The summed E-state index contributed by atoms with van der Waals surface area (Å²) in [7, 11) is 1.94. The van der Waals surface area contributed by atoms with E-state index in [4.69, 9.17) is 0 Å². The average molecular weight is 259 g/mol. The molecule has 0 aliphatic carbocycles. The van der Waals surface area contributed by atoms with Crippen LogP contribution in [-0.4, -0.2) is 32.4 Å². The molecule has 1 fully saturated rings. The van der Waals surface area contributed by atoms with E-state index in [2.05, 4.69) is 26.9 Å². The normalized spacial score (nSPS) is 18.6. The number of rotatable bonds is 3. The predicted molar refractivity (Wildman–Crippen MR) is 74.6 cm³/mol. The van der Waals surface area contributed by atoms with Gasteiger partial charge in [-0.1, -0.05) is 6.92 Å². The number of hydrogen-bond acceptors (Lipinski definition) is 3. The Kier molecular flexibility index (Phi) is 3.14. The van der Waals surface area contributed by atoms with Gasteiger partial charge in [0, 0.05) is 25.4 Å². The van der Waals surface area contributed by atoms with Crippen LogP contribution >= 0.6 is 0 Å². The van der Waals surface area contributed by atoms with Gasteiger partial charge in [-0.2, -0.15) is 5.10 Å². The molecule has 3 heterocycles. The number of nitrogens with zero attached hydrogens (tertiary/aromatic N) is 4. The maximum Gasteiger partial charge on any atom is 0.0951 e. The second kappa shape index (κ2) is 4.81. The van der Waals surface area contributed by atoms with E-state index in [-0.39, 0.29) is 0 Å². The highest BCUT2D eigenvalue weighted by molar-refractivity contribution is 5.56. The van der Waals surface area contributed by atoms with E-state index in [0.717, 1.165) is 30.9 Å². The fourth-order valence-corrected chi connectivity index (χ4v) is 2.84. The molecule has 3 rings (SSSR count). The highest BCUT2D eigenvalue weighted by Gasteiger charge is 2.27. The fourth-order valence-electron chi connectivity index (χ4n) is 2.84. The minimum absolute atomic E-state index is 0.364. The molecule has 19 heavy (non-hydrogen) atoms. The van der Waals surface area contributed by atoms with Gasteiger partial charge < -0.3 is 9.88 Å². The van der Waals surface area contributed by atoms with E-state index in [1.807, 2.05) is 36.6 Å². The van der Waals surface area contributed by atoms with Crippen LogP contribution in [-0.2, 0) is 13.6 Å². The average Bonchev–Trinajstić information content (AvgIpc) is 2.98. The maximum absolute atomic E-state index is 4.31. The van der Waals surface area contributed by atoms with Crippen LogP contribution in [0.25, 0.3) is 11.3 Å². The van der Waals surface area contributed by atoms with Crippen molar-refractivity contribution in [2.75, 3.05) is 13.1 Å². The Morgan fingerprint density at radius 1 is 1.32 bits per heavy atom. The Balaban J connectivity index is 1.84. The summed E-state index contributed by atoms with van der Waals surface area (Å²) >= 11 is 0. The Hall–Kier alpha value is -1.62. The molecule has 0 spiro atoms. The summed E-state index contributed by atoms with van der Waals surface area (Å²) in [5.41, 5.74) is 2.66. The molecule has 1 aliphatic rings. The number of aryl methyl sites for hydroxylation is 1. The SMILES string of the molecule is Cn1cc(-c2cncn2CC2(C)CCNCC2)cn1. The van der Waals surface area contributed by atoms with Crippen molar-refractivity contribution in [1.29, 1.82) is 0 Å². The molecular weight excluding hydrogens is 238 g/mol. The Morgan fingerprint density at radius 3 is 2.79 bits per heavy atom. The fraction of sp³-hybridized carbons (Fsp3) is 0.571. The van der Waals surface area contributed by atoms with Crippen LogP contribution in [0.4, 0.5) is 0 Å². The zero-order chi connectivity index (χ0) is 13.3. The molecule has 102 valence electrons. The number of piperidine rings is 1. The third-order valence-corrected chi connectivity index (χ3v) is 4.08. The lowest BCUT2D eigenvalue weighted by atomic mass is 9.81. The third kappa shape index (κ3) is 2.56. The molecule has 5 heteroatoms. The first-order valence-corrected chi connectivity index (χ1v) is 6.86. The highest BCUT2D eigenvalue weighted by atomic mass is 15.2. The summed E-state index contributed by atoms with van der Waals surface area (Å²) in [5, 5.41) is 7.67. The number of hydrogen-bond donors (Lipinski definition) is 1. The molecule has 0 atom stereocenters. The van der Waals surface area contributed by atoms with Gasteiger partial charge in [-0.3, -0.25) is 4.68 Å². The van der Waals surface area contributed by atoms with Crippen molar-refractivity contribution in [3.8, 4) is 11.3 Å². The molecule has 2 aromatic rings. The minimum Gasteiger partial charge on any atom is -0.330 e. The van der Waals surface area contributed by atoms with Crippen molar-refractivity contribution in [3.63, 3.8) is 0 Å². The molecule has 1 saturated heterocycles. The van der Waals surface area contributed by atoms with E-state index in [9.17, 15) is 0 Å². The second-order valence-corrected chi connectivity index (χ2v) is 5.87. The van der Waals surface area contributed by atoms with Crippen LogP contribution in [0.5, 0.6) is 0 Å². The van der Waals surface area contributed by atoms with Crippen LogP contribution in [0.2, 0.25) is 0 Å². The molecule has 0 unspecified atom stereocenters. The Bertz CT molecular complexity index is 548. The summed E-state index contributed by atoms with van der Waals surface area (Å²) in [5.74, 6) is 0. The zero-order valence-corrected chi connectivity index (χ0v) is 11.6. The third-order valence-electron chi connectivity index (χ3n) is 4.08. The van der Waals surface area contributed by atoms with Crippen molar-refractivity contribution < 1.29 is 0 Å². The van der Waals surface area contributed by atoms with Gasteiger partial charge in [0.15, 0.2) is 0 Å². The van der Waals surface area contributed by atoms with Crippen molar-refractivity contribution in [3.05, 3.63) is 24.9 Å². The van der Waals surface area contributed by atoms with Gasteiger partial charge in [0.05, 0.1) is 24.4 Å². The second-order valence-electron chi connectivity index (χ2n) is 5.87. The first-order valence-electron chi connectivity index (χ1n) is 6.86. The quantitative estimate of drug-likeness (QED) is 0.912. The van der Waals surface area contributed by atoms with Crippen molar-refractivity contribution in [1.82, 2.24) is 24.6 Å². The zero-order valence-electron chi connectivity index (χ0n) is 11.6. The standard InChI is InChI=1S/C14H21N5/c1-14(3-5-15-6-4-14)10-19-11-16-8-13(19)12-7-17-18(2)9-12/h7-9,11,15H,3-6,10H2,1-2H3. The van der Waals surface area contributed by atoms with Crippen molar-refractivity contribution in [2.24, 2.45) is 12.5 Å². The molecular formula is C14H21N5. The smallest absolute Gasteiger partial charge is 0.0951 e. The maximum atomic E-state index is 4.31. The predicted octanol–water partition coefficient (Wildman–Crippen LogP) is 1.67.